The number of carbonyl (C=O) groups is 3. The van der Waals surface area contributed by atoms with Gasteiger partial charge in [-0.1, -0.05) is 68.5 Å². The molecule has 7 heteroatoms. The summed E-state index contributed by atoms with van der Waals surface area (Å²) < 4.78 is 5.58. The van der Waals surface area contributed by atoms with Crippen molar-refractivity contribution in [3.63, 3.8) is 0 Å². The van der Waals surface area contributed by atoms with Gasteiger partial charge in [-0.15, -0.1) is 6.58 Å². The minimum absolute atomic E-state index is 0.0811. The standard InChI is InChI=1S/C27H30N2O5/c1-4-9-23(24(30)29-14-22(25(31)32)27(2,3)16-29)28-26(33)34-15-21-19-12-7-5-10-17(19)18-11-6-8-13-20(18)21/h4-8,10-13,21-23H,1,9,14-16H2,2-3H3,(H,28,33)(H,31,32). The van der Waals surface area contributed by atoms with Gasteiger partial charge in [0, 0.05) is 19.0 Å². The summed E-state index contributed by atoms with van der Waals surface area (Å²) in [6.45, 7) is 7.92. The molecule has 0 radical (unpaired) electrons. The van der Waals surface area contributed by atoms with Crippen LogP contribution in [0.25, 0.3) is 11.1 Å². The lowest BCUT2D eigenvalue weighted by atomic mass is 9.82. The second-order valence-corrected chi connectivity index (χ2v) is 9.65. The van der Waals surface area contributed by atoms with Crippen molar-refractivity contribution in [1.82, 2.24) is 10.2 Å². The van der Waals surface area contributed by atoms with E-state index in [4.69, 9.17) is 4.74 Å². The molecule has 2 aromatic carbocycles. The third-order valence-electron chi connectivity index (χ3n) is 6.89. The van der Waals surface area contributed by atoms with Crippen molar-refractivity contribution in [2.75, 3.05) is 19.7 Å². The summed E-state index contributed by atoms with van der Waals surface area (Å²) in [5, 5.41) is 12.2. The SMILES string of the molecule is C=CCC(NC(=O)OCC1c2ccccc2-c2ccccc21)C(=O)N1CC(C(=O)O)C(C)(C)C1. The molecule has 2 N–H and O–H groups in total. The highest BCUT2D eigenvalue weighted by Crippen LogP contribution is 2.44. The molecule has 1 fully saturated rings. The molecule has 4 rings (SSSR count). The van der Waals surface area contributed by atoms with Crippen LogP contribution >= 0.6 is 0 Å². The second kappa shape index (κ2) is 9.33. The molecule has 34 heavy (non-hydrogen) atoms. The summed E-state index contributed by atoms with van der Waals surface area (Å²) >= 11 is 0. The van der Waals surface area contributed by atoms with Crippen LogP contribution in [-0.4, -0.2) is 53.7 Å². The Morgan fingerprint density at radius 1 is 1.15 bits per heavy atom. The summed E-state index contributed by atoms with van der Waals surface area (Å²) in [7, 11) is 0. The third-order valence-corrected chi connectivity index (χ3v) is 6.89. The van der Waals surface area contributed by atoms with E-state index in [0.717, 1.165) is 22.3 Å². The smallest absolute Gasteiger partial charge is 0.407 e. The van der Waals surface area contributed by atoms with Gasteiger partial charge in [0.25, 0.3) is 0 Å². The molecule has 0 saturated carbocycles. The number of nitrogens with zero attached hydrogens (tertiary/aromatic N) is 1. The zero-order valence-electron chi connectivity index (χ0n) is 19.5. The highest BCUT2D eigenvalue weighted by Gasteiger charge is 2.46. The number of ether oxygens (including phenoxy) is 1. The Hall–Kier alpha value is -3.61. The number of hydrogen-bond donors (Lipinski definition) is 2. The van der Waals surface area contributed by atoms with E-state index in [1.54, 1.807) is 6.08 Å². The van der Waals surface area contributed by atoms with Gasteiger partial charge in [0.1, 0.15) is 12.6 Å². The van der Waals surface area contributed by atoms with E-state index < -0.39 is 29.4 Å². The Kier molecular flexibility index (Phi) is 6.46. The maximum atomic E-state index is 13.1. The van der Waals surface area contributed by atoms with E-state index in [9.17, 15) is 19.5 Å². The fourth-order valence-corrected chi connectivity index (χ4v) is 5.11. The van der Waals surface area contributed by atoms with Gasteiger partial charge in [0.05, 0.1) is 5.92 Å². The molecule has 0 aromatic heterocycles. The lowest BCUT2D eigenvalue weighted by molar-refractivity contribution is -0.144. The summed E-state index contributed by atoms with van der Waals surface area (Å²) in [5.74, 6) is -1.99. The maximum absolute atomic E-state index is 13.1. The van der Waals surface area contributed by atoms with Gasteiger partial charge < -0.3 is 20.1 Å². The summed E-state index contributed by atoms with van der Waals surface area (Å²) in [5.41, 5.74) is 3.93. The number of likely N-dealkylation sites (tertiary alicyclic amines) is 1. The Bertz CT molecular complexity index is 1080. The first-order valence-electron chi connectivity index (χ1n) is 11.5. The van der Waals surface area contributed by atoms with Crippen molar-refractivity contribution in [2.45, 2.75) is 32.2 Å². The molecule has 2 aliphatic rings. The number of rotatable bonds is 7. The van der Waals surface area contributed by atoms with Gasteiger partial charge in [0.15, 0.2) is 0 Å². The number of nitrogens with one attached hydrogen (secondary N) is 1. The lowest BCUT2D eigenvalue weighted by Gasteiger charge is -2.25. The van der Waals surface area contributed by atoms with Crippen LogP contribution < -0.4 is 5.32 Å². The van der Waals surface area contributed by atoms with Crippen molar-refractivity contribution in [1.29, 1.82) is 0 Å². The van der Waals surface area contributed by atoms with Crippen molar-refractivity contribution >= 4 is 18.0 Å². The predicted octanol–water partition coefficient (Wildman–Crippen LogP) is 4.04. The first kappa shape index (κ1) is 23.5. The van der Waals surface area contributed by atoms with Crippen LogP contribution in [0, 0.1) is 11.3 Å². The quantitative estimate of drug-likeness (QED) is 0.606. The molecule has 178 valence electrons. The average Bonchev–Trinajstić information content (AvgIpc) is 3.31. The average molecular weight is 463 g/mol. The predicted molar refractivity (Wildman–Crippen MR) is 128 cm³/mol. The van der Waals surface area contributed by atoms with Gasteiger partial charge in [-0.25, -0.2) is 4.79 Å². The van der Waals surface area contributed by atoms with Crippen LogP contribution in [0.3, 0.4) is 0 Å². The van der Waals surface area contributed by atoms with Gasteiger partial charge >= 0.3 is 12.1 Å². The molecule has 1 aliphatic carbocycles. The fraction of sp³-hybridized carbons (Fsp3) is 0.370. The number of carboxylic acid groups (broad SMARTS) is 1. The number of hydrogen-bond acceptors (Lipinski definition) is 4. The number of amides is 2. The normalized spacial score (nSPS) is 19.1. The molecule has 0 bridgehead atoms. The van der Waals surface area contributed by atoms with Crippen LogP contribution in [0.2, 0.25) is 0 Å². The van der Waals surface area contributed by atoms with Crippen LogP contribution in [0.1, 0.15) is 37.3 Å². The summed E-state index contributed by atoms with van der Waals surface area (Å²) in [6, 6.07) is 15.3. The second-order valence-electron chi connectivity index (χ2n) is 9.65. The highest BCUT2D eigenvalue weighted by atomic mass is 16.5. The zero-order chi connectivity index (χ0) is 24.5. The molecule has 1 heterocycles. The zero-order valence-corrected chi connectivity index (χ0v) is 19.5. The van der Waals surface area contributed by atoms with Crippen LogP contribution in [-0.2, 0) is 14.3 Å². The van der Waals surface area contributed by atoms with Crippen LogP contribution in [0.5, 0.6) is 0 Å². The topological polar surface area (TPSA) is 95.9 Å². The largest absolute Gasteiger partial charge is 0.481 e. The van der Waals surface area contributed by atoms with E-state index >= 15 is 0 Å². The van der Waals surface area contributed by atoms with Gasteiger partial charge in [-0.3, -0.25) is 9.59 Å². The highest BCUT2D eigenvalue weighted by molar-refractivity contribution is 5.87. The van der Waals surface area contributed by atoms with E-state index in [-0.39, 0.29) is 31.4 Å². The molecule has 2 atom stereocenters. The number of fused-ring (bicyclic) bond motifs is 3. The molecule has 0 spiro atoms. The number of benzene rings is 2. The van der Waals surface area contributed by atoms with Gasteiger partial charge in [-0.05, 0) is 34.1 Å². The minimum atomic E-state index is -0.926. The first-order valence-corrected chi connectivity index (χ1v) is 11.5. The lowest BCUT2D eigenvalue weighted by Crippen LogP contribution is -2.48. The Morgan fingerprint density at radius 3 is 2.26 bits per heavy atom. The van der Waals surface area contributed by atoms with E-state index in [0.29, 0.717) is 6.54 Å². The van der Waals surface area contributed by atoms with Crippen LogP contribution in [0.4, 0.5) is 4.79 Å². The van der Waals surface area contributed by atoms with E-state index in [1.807, 2.05) is 50.2 Å². The first-order chi connectivity index (χ1) is 16.2. The molecule has 1 aliphatic heterocycles. The summed E-state index contributed by atoms with van der Waals surface area (Å²) in [4.78, 5) is 38.9. The molecular formula is C27H30N2O5. The maximum Gasteiger partial charge on any atom is 0.407 e. The monoisotopic (exact) mass is 462 g/mol. The molecular weight excluding hydrogens is 432 g/mol. The third kappa shape index (κ3) is 4.42. The van der Waals surface area contributed by atoms with Crippen molar-refractivity contribution < 1.29 is 24.2 Å². The molecule has 2 unspecified atom stereocenters. The van der Waals surface area contributed by atoms with E-state index in [1.165, 1.54) is 4.90 Å². The Balaban J connectivity index is 1.42. The number of carbonyl (C=O) groups excluding carboxylic acids is 2. The number of aliphatic carboxylic acids is 1. The summed E-state index contributed by atoms with van der Waals surface area (Å²) in [6.07, 6.45) is 1.09. The van der Waals surface area contributed by atoms with Gasteiger partial charge in [-0.2, -0.15) is 0 Å². The molecule has 1 saturated heterocycles. The molecule has 2 amide bonds. The van der Waals surface area contributed by atoms with Crippen molar-refractivity contribution in [3.05, 3.63) is 72.3 Å². The number of carboxylic acids is 1. The Morgan fingerprint density at radius 2 is 1.74 bits per heavy atom. The van der Waals surface area contributed by atoms with Crippen molar-refractivity contribution in [2.24, 2.45) is 11.3 Å². The molecule has 7 nitrogen and oxygen atoms in total. The minimum Gasteiger partial charge on any atom is -0.481 e. The number of alkyl carbamates (subject to hydrolysis) is 1. The fourth-order valence-electron chi connectivity index (χ4n) is 5.11. The van der Waals surface area contributed by atoms with Crippen LogP contribution in [0.15, 0.2) is 61.2 Å². The van der Waals surface area contributed by atoms with E-state index in [2.05, 4.69) is 24.0 Å². The molecule has 2 aromatic rings. The Labute approximate surface area is 199 Å². The van der Waals surface area contributed by atoms with Gasteiger partial charge in [0.2, 0.25) is 5.91 Å². The van der Waals surface area contributed by atoms with Crippen molar-refractivity contribution in [3.8, 4) is 11.1 Å².